The molecule has 48 heavy (non-hydrogen) atoms. The van der Waals surface area contributed by atoms with E-state index in [4.69, 9.17) is 19.4 Å². The summed E-state index contributed by atoms with van der Waals surface area (Å²) in [7, 11) is 0. The first-order valence-electron chi connectivity index (χ1n) is 15.9. The van der Waals surface area contributed by atoms with Crippen LogP contribution in [0.3, 0.4) is 0 Å². The molecule has 0 radical (unpaired) electrons. The van der Waals surface area contributed by atoms with Crippen molar-refractivity contribution in [3.05, 3.63) is 152 Å². The van der Waals surface area contributed by atoms with Crippen LogP contribution in [-0.2, 0) is 0 Å². The van der Waals surface area contributed by atoms with Gasteiger partial charge < -0.3 is 4.42 Å². The van der Waals surface area contributed by atoms with Crippen molar-refractivity contribution in [2.24, 2.45) is 0 Å². The second kappa shape index (κ2) is 10.7. The number of para-hydroxylation sites is 1. The van der Waals surface area contributed by atoms with Crippen molar-refractivity contribution >= 4 is 64.2 Å². The Bertz CT molecular complexity index is 2830. The first-order chi connectivity index (χ1) is 23.8. The Hall–Kier alpha value is -6.17. The van der Waals surface area contributed by atoms with Crippen molar-refractivity contribution in [3.8, 4) is 45.3 Å². The molecule has 0 spiro atoms. The molecule has 0 saturated carbocycles. The van der Waals surface area contributed by atoms with Gasteiger partial charge in [0.2, 0.25) is 0 Å². The van der Waals surface area contributed by atoms with Crippen LogP contribution in [0, 0.1) is 0 Å². The normalized spacial score (nSPS) is 11.8. The number of rotatable bonds is 4. The number of furan rings is 1. The van der Waals surface area contributed by atoms with Gasteiger partial charge in [-0.25, -0.2) is 15.0 Å². The standard InChI is InChI=1S/C43H25N3OS/c1-2-12-28(13-3-1)41-44-42(46-43(45-41)32-18-10-14-26-11-4-5-15-30(26)32)29-23-21-27(22-24-29)34-25-35-31-16-6-8-19-36(31)47-39(35)38-33-17-7-9-20-37(33)48-40(34)38/h1-25H. The lowest BCUT2D eigenvalue weighted by atomic mass is 9.98. The second-order valence-corrected chi connectivity index (χ2v) is 13.0. The van der Waals surface area contributed by atoms with Crippen molar-refractivity contribution in [2.45, 2.75) is 0 Å². The Morgan fingerprint density at radius 2 is 1.06 bits per heavy atom. The van der Waals surface area contributed by atoms with Crippen molar-refractivity contribution in [2.75, 3.05) is 0 Å². The van der Waals surface area contributed by atoms with E-state index in [1.165, 1.54) is 25.7 Å². The number of hydrogen-bond acceptors (Lipinski definition) is 5. The molecular formula is C43H25N3OS. The minimum Gasteiger partial charge on any atom is -0.455 e. The highest BCUT2D eigenvalue weighted by molar-refractivity contribution is 7.26. The van der Waals surface area contributed by atoms with Crippen molar-refractivity contribution in [1.82, 2.24) is 15.0 Å². The number of thiophene rings is 1. The number of nitrogens with zero attached hydrogens (tertiary/aromatic N) is 3. The maximum absolute atomic E-state index is 6.51. The molecule has 224 valence electrons. The Morgan fingerprint density at radius 3 is 1.90 bits per heavy atom. The van der Waals surface area contributed by atoms with Crippen LogP contribution in [0.25, 0.3) is 98.2 Å². The summed E-state index contributed by atoms with van der Waals surface area (Å²) in [5, 5.41) is 6.92. The zero-order valence-electron chi connectivity index (χ0n) is 25.6. The third-order valence-corrected chi connectivity index (χ3v) is 10.3. The lowest BCUT2D eigenvalue weighted by molar-refractivity contribution is 0.673. The van der Waals surface area contributed by atoms with Crippen LogP contribution < -0.4 is 0 Å². The van der Waals surface area contributed by atoms with Crippen molar-refractivity contribution in [3.63, 3.8) is 0 Å². The first-order valence-corrected chi connectivity index (χ1v) is 16.8. The molecule has 0 amide bonds. The third kappa shape index (κ3) is 4.25. The van der Waals surface area contributed by atoms with E-state index in [0.717, 1.165) is 55.0 Å². The minimum absolute atomic E-state index is 0.640. The van der Waals surface area contributed by atoms with E-state index >= 15 is 0 Å². The summed E-state index contributed by atoms with van der Waals surface area (Å²) in [5.41, 5.74) is 7.04. The van der Waals surface area contributed by atoms with Crippen LogP contribution in [0.5, 0.6) is 0 Å². The summed E-state index contributed by atoms with van der Waals surface area (Å²) >= 11 is 1.82. The van der Waals surface area contributed by atoms with Crippen LogP contribution in [0.4, 0.5) is 0 Å². The fraction of sp³-hybridized carbons (Fsp3) is 0. The Balaban J connectivity index is 1.16. The van der Waals surface area contributed by atoms with Gasteiger partial charge in [-0.1, -0.05) is 133 Å². The van der Waals surface area contributed by atoms with Gasteiger partial charge in [-0.2, -0.15) is 0 Å². The molecule has 0 unspecified atom stereocenters. The minimum atomic E-state index is 0.640. The van der Waals surface area contributed by atoms with Crippen molar-refractivity contribution in [1.29, 1.82) is 0 Å². The Kier molecular flexibility index (Phi) is 6.01. The Morgan fingerprint density at radius 1 is 0.438 bits per heavy atom. The van der Waals surface area contributed by atoms with Gasteiger partial charge in [0.25, 0.3) is 0 Å². The van der Waals surface area contributed by atoms with Crippen molar-refractivity contribution < 1.29 is 4.42 Å². The predicted molar refractivity (Wildman–Crippen MR) is 199 cm³/mol. The lowest BCUT2D eigenvalue weighted by Gasteiger charge is -2.11. The maximum atomic E-state index is 6.51. The highest BCUT2D eigenvalue weighted by atomic mass is 32.1. The third-order valence-electron chi connectivity index (χ3n) is 9.14. The summed E-state index contributed by atoms with van der Waals surface area (Å²) in [6, 6.07) is 52.6. The second-order valence-electron chi connectivity index (χ2n) is 12.0. The average molecular weight is 632 g/mol. The van der Waals surface area contributed by atoms with E-state index in [9.17, 15) is 0 Å². The van der Waals surface area contributed by atoms with Gasteiger partial charge in [0.15, 0.2) is 17.5 Å². The molecule has 0 fully saturated rings. The summed E-state index contributed by atoms with van der Waals surface area (Å²) in [5.74, 6) is 1.95. The summed E-state index contributed by atoms with van der Waals surface area (Å²) in [6.45, 7) is 0. The molecule has 4 nitrogen and oxygen atoms in total. The van der Waals surface area contributed by atoms with E-state index in [2.05, 4.69) is 115 Å². The molecule has 0 atom stereocenters. The van der Waals surface area contributed by atoms with Gasteiger partial charge >= 0.3 is 0 Å². The van der Waals surface area contributed by atoms with Gasteiger partial charge in [-0.05, 0) is 34.5 Å². The average Bonchev–Trinajstić information content (AvgIpc) is 3.73. The summed E-state index contributed by atoms with van der Waals surface area (Å²) in [4.78, 5) is 15.1. The fourth-order valence-electron chi connectivity index (χ4n) is 6.84. The van der Waals surface area contributed by atoms with E-state index in [1.54, 1.807) is 0 Å². The number of aromatic nitrogens is 3. The SMILES string of the molecule is c1ccc(-c2nc(-c3ccc(-c4cc5c6ccccc6oc5c5c4sc4ccccc45)cc3)nc(-c3cccc4ccccc34)n2)cc1. The molecule has 5 heteroatoms. The number of fused-ring (bicyclic) bond motifs is 8. The van der Waals surface area contributed by atoms with E-state index < -0.39 is 0 Å². The predicted octanol–water partition coefficient (Wildman–Crippen LogP) is 12.0. The molecule has 0 saturated heterocycles. The van der Waals surface area contributed by atoms with E-state index in [-0.39, 0.29) is 0 Å². The maximum Gasteiger partial charge on any atom is 0.164 e. The molecule has 0 aliphatic rings. The smallest absolute Gasteiger partial charge is 0.164 e. The molecular weight excluding hydrogens is 607 g/mol. The summed E-state index contributed by atoms with van der Waals surface area (Å²) < 4.78 is 8.98. The van der Waals surface area contributed by atoms with Gasteiger partial charge in [0.1, 0.15) is 11.2 Å². The van der Waals surface area contributed by atoms with Gasteiger partial charge in [0.05, 0.1) is 0 Å². The molecule has 10 rings (SSSR count). The molecule has 0 aliphatic heterocycles. The molecule has 7 aromatic carbocycles. The zero-order valence-corrected chi connectivity index (χ0v) is 26.4. The first kappa shape index (κ1) is 27.0. The van der Waals surface area contributed by atoms with Gasteiger partial charge in [-0.15, -0.1) is 11.3 Å². The quantitative estimate of drug-likeness (QED) is 0.194. The van der Waals surface area contributed by atoms with E-state index in [0.29, 0.717) is 17.5 Å². The highest BCUT2D eigenvalue weighted by Crippen LogP contribution is 2.46. The molecule has 10 aromatic rings. The topological polar surface area (TPSA) is 51.8 Å². The van der Waals surface area contributed by atoms with Crippen LogP contribution in [0.2, 0.25) is 0 Å². The molecule has 0 aliphatic carbocycles. The zero-order chi connectivity index (χ0) is 31.6. The van der Waals surface area contributed by atoms with Crippen LogP contribution in [0.15, 0.2) is 156 Å². The molecule has 3 heterocycles. The van der Waals surface area contributed by atoms with Crippen LogP contribution in [-0.4, -0.2) is 15.0 Å². The highest BCUT2D eigenvalue weighted by Gasteiger charge is 2.20. The molecule has 3 aromatic heterocycles. The van der Waals surface area contributed by atoms with Crippen LogP contribution >= 0.6 is 11.3 Å². The molecule has 0 bridgehead atoms. The largest absolute Gasteiger partial charge is 0.455 e. The monoisotopic (exact) mass is 631 g/mol. The number of benzene rings is 7. The van der Waals surface area contributed by atoms with Gasteiger partial charge in [0, 0.05) is 53.2 Å². The van der Waals surface area contributed by atoms with Crippen LogP contribution in [0.1, 0.15) is 0 Å². The number of hydrogen-bond donors (Lipinski definition) is 0. The Labute approximate surface area is 279 Å². The molecule has 0 N–H and O–H groups in total. The van der Waals surface area contributed by atoms with E-state index in [1.807, 2.05) is 47.7 Å². The fourth-order valence-corrected chi connectivity index (χ4v) is 8.08. The lowest BCUT2D eigenvalue weighted by Crippen LogP contribution is -2.00. The van der Waals surface area contributed by atoms with Gasteiger partial charge in [-0.3, -0.25) is 0 Å². The summed E-state index contributed by atoms with van der Waals surface area (Å²) in [6.07, 6.45) is 0.